The van der Waals surface area contributed by atoms with Crippen LogP contribution in [-0.4, -0.2) is 32.1 Å². The molecule has 1 aliphatic rings. The number of ether oxygens (including phenoxy) is 2. The normalized spacial score (nSPS) is 15.6. The van der Waals surface area contributed by atoms with Gasteiger partial charge in [0.15, 0.2) is 11.5 Å². The summed E-state index contributed by atoms with van der Waals surface area (Å²) in [6.45, 7) is 3.81. The Morgan fingerprint density at radius 2 is 1.72 bits per heavy atom. The van der Waals surface area contributed by atoms with Crippen LogP contribution in [0.5, 0.6) is 11.5 Å². The van der Waals surface area contributed by atoms with E-state index < -0.39 is 17.8 Å². The van der Waals surface area contributed by atoms with Crippen LogP contribution in [0.2, 0.25) is 0 Å². The molecule has 0 atom stereocenters. The zero-order valence-electron chi connectivity index (χ0n) is 16.3. The molecular formula is C21H19BrN2O5. The highest BCUT2D eigenvalue weighted by Gasteiger charge is 2.37. The van der Waals surface area contributed by atoms with E-state index in [-0.39, 0.29) is 5.57 Å². The second-order valence-electron chi connectivity index (χ2n) is 6.46. The van der Waals surface area contributed by atoms with Gasteiger partial charge in [-0.05, 0) is 55.3 Å². The average molecular weight is 459 g/mol. The summed E-state index contributed by atoms with van der Waals surface area (Å²) >= 11 is 3.37. The average Bonchev–Trinajstić information content (AvgIpc) is 2.67. The number of urea groups is 1. The van der Waals surface area contributed by atoms with E-state index in [1.807, 2.05) is 19.9 Å². The summed E-state index contributed by atoms with van der Waals surface area (Å²) in [5.41, 5.74) is 2.58. The number of rotatable bonds is 4. The van der Waals surface area contributed by atoms with E-state index in [9.17, 15) is 14.4 Å². The number of barbiturate groups is 1. The zero-order valence-corrected chi connectivity index (χ0v) is 17.9. The van der Waals surface area contributed by atoms with E-state index in [0.717, 1.165) is 16.0 Å². The van der Waals surface area contributed by atoms with Crippen LogP contribution in [0.3, 0.4) is 0 Å². The molecule has 0 bridgehead atoms. The fourth-order valence-electron chi connectivity index (χ4n) is 2.98. The van der Waals surface area contributed by atoms with Crippen LogP contribution in [0.25, 0.3) is 6.08 Å². The number of methoxy groups -OCH3 is 2. The van der Waals surface area contributed by atoms with Gasteiger partial charge >= 0.3 is 6.03 Å². The molecule has 1 saturated heterocycles. The van der Waals surface area contributed by atoms with Crippen LogP contribution in [0.15, 0.2) is 40.4 Å². The van der Waals surface area contributed by atoms with E-state index in [4.69, 9.17) is 9.47 Å². The Kier molecular flexibility index (Phi) is 5.74. The van der Waals surface area contributed by atoms with Crippen molar-refractivity contribution in [1.29, 1.82) is 0 Å². The number of carbonyl (C=O) groups excluding carboxylic acids is 3. The van der Waals surface area contributed by atoms with Crippen LogP contribution in [0.4, 0.5) is 10.5 Å². The summed E-state index contributed by atoms with van der Waals surface area (Å²) in [5, 5.41) is 2.22. The molecule has 2 aromatic rings. The molecule has 150 valence electrons. The highest BCUT2D eigenvalue weighted by Crippen LogP contribution is 2.36. The van der Waals surface area contributed by atoms with Gasteiger partial charge in [0.05, 0.1) is 19.9 Å². The number of imide groups is 2. The Labute approximate surface area is 176 Å². The molecule has 2 aromatic carbocycles. The van der Waals surface area contributed by atoms with Crippen molar-refractivity contribution in [3.63, 3.8) is 0 Å². The number of nitrogens with zero attached hydrogens (tertiary/aromatic N) is 1. The quantitative estimate of drug-likeness (QED) is 0.556. The van der Waals surface area contributed by atoms with Crippen molar-refractivity contribution in [3.05, 3.63) is 57.1 Å². The van der Waals surface area contributed by atoms with E-state index >= 15 is 0 Å². The van der Waals surface area contributed by atoms with E-state index in [1.54, 1.807) is 24.3 Å². The first-order chi connectivity index (χ1) is 13.8. The SMILES string of the molecule is COc1cc(Br)cc(/C=C2\C(=O)NC(=O)N(c3ccc(C)c(C)c3)C2=O)c1OC. The monoisotopic (exact) mass is 458 g/mol. The van der Waals surface area contributed by atoms with Gasteiger partial charge in [-0.1, -0.05) is 22.0 Å². The lowest BCUT2D eigenvalue weighted by Gasteiger charge is -2.27. The Morgan fingerprint density at radius 1 is 1.00 bits per heavy atom. The zero-order chi connectivity index (χ0) is 21.3. The van der Waals surface area contributed by atoms with Gasteiger partial charge in [-0.3, -0.25) is 14.9 Å². The summed E-state index contributed by atoms with van der Waals surface area (Å²) in [6, 6.07) is 7.80. The smallest absolute Gasteiger partial charge is 0.335 e. The van der Waals surface area contributed by atoms with Crippen molar-refractivity contribution in [2.75, 3.05) is 19.1 Å². The lowest BCUT2D eigenvalue weighted by Crippen LogP contribution is -2.54. The number of nitrogens with one attached hydrogen (secondary N) is 1. The third kappa shape index (κ3) is 3.88. The molecular weight excluding hydrogens is 440 g/mol. The van der Waals surface area contributed by atoms with Gasteiger partial charge in [0.2, 0.25) is 0 Å². The van der Waals surface area contributed by atoms with Crippen molar-refractivity contribution in [2.24, 2.45) is 0 Å². The van der Waals surface area contributed by atoms with Crippen molar-refractivity contribution < 1.29 is 23.9 Å². The van der Waals surface area contributed by atoms with E-state index in [0.29, 0.717) is 27.2 Å². The highest BCUT2D eigenvalue weighted by molar-refractivity contribution is 9.10. The van der Waals surface area contributed by atoms with Crippen LogP contribution in [-0.2, 0) is 9.59 Å². The fraction of sp³-hybridized carbons (Fsp3) is 0.190. The van der Waals surface area contributed by atoms with Crippen LogP contribution in [0, 0.1) is 13.8 Å². The minimum Gasteiger partial charge on any atom is -0.493 e. The summed E-state index contributed by atoms with van der Waals surface area (Å²) < 4.78 is 11.4. The third-order valence-electron chi connectivity index (χ3n) is 4.62. The molecule has 0 unspecified atom stereocenters. The molecule has 0 saturated carbocycles. The highest BCUT2D eigenvalue weighted by atomic mass is 79.9. The van der Waals surface area contributed by atoms with Gasteiger partial charge in [-0.25, -0.2) is 9.69 Å². The number of anilines is 1. The standard InChI is InChI=1S/C21H19BrN2O5/c1-11-5-6-15(7-12(11)2)24-20(26)16(19(25)23-21(24)27)9-13-8-14(22)10-17(28-3)18(13)29-4/h5-10H,1-4H3,(H,23,25,27)/b16-9+. The number of halogens is 1. The molecule has 0 radical (unpaired) electrons. The van der Waals surface area contributed by atoms with Gasteiger partial charge in [0, 0.05) is 10.0 Å². The Morgan fingerprint density at radius 3 is 2.34 bits per heavy atom. The molecule has 1 heterocycles. The van der Waals surface area contributed by atoms with Gasteiger partial charge in [0.1, 0.15) is 5.57 Å². The number of amides is 4. The first kappa shape index (κ1) is 20.6. The second kappa shape index (κ2) is 8.08. The van der Waals surface area contributed by atoms with Gasteiger partial charge < -0.3 is 9.47 Å². The molecule has 1 fully saturated rings. The van der Waals surface area contributed by atoms with Gasteiger partial charge in [-0.2, -0.15) is 0 Å². The lowest BCUT2D eigenvalue weighted by molar-refractivity contribution is -0.122. The molecule has 7 nitrogen and oxygen atoms in total. The van der Waals surface area contributed by atoms with E-state index in [2.05, 4.69) is 21.2 Å². The molecule has 4 amide bonds. The number of aryl methyl sites for hydroxylation is 2. The van der Waals surface area contributed by atoms with Gasteiger partial charge in [-0.15, -0.1) is 0 Å². The van der Waals surface area contributed by atoms with Crippen LogP contribution >= 0.6 is 15.9 Å². The van der Waals surface area contributed by atoms with Crippen molar-refractivity contribution in [3.8, 4) is 11.5 Å². The van der Waals surface area contributed by atoms with Crippen molar-refractivity contribution >= 4 is 45.5 Å². The summed E-state index contributed by atoms with van der Waals surface area (Å²) in [6.07, 6.45) is 1.38. The first-order valence-electron chi connectivity index (χ1n) is 8.67. The largest absolute Gasteiger partial charge is 0.493 e. The maximum Gasteiger partial charge on any atom is 0.335 e. The van der Waals surface area contributed by atoms with Crippen molar-refractivity contribution in [2.45, 2.75) is 13.8 Å². The molecule has 8 heteroatoms. The summed E-state index contributed by atoms with van der Waals surface area (Å²) in [7, 11) is 2.95. The number of hydrogen-bond donors (Lipinski definition) is 1. The minimum atomic E-state index is -0.792. The predicted octanol–water partition coefficient (Wildman–Crippen LogP) is 3.75. The van der Waals surface area contributed by atoms with Crippen LogP contribution in [0.1, 0.15) is 16.7 Å². The van der Waals surface area contributed by atoms with Gasteiger partial charge in [0.25, 0.3) is 11.8 Å². The Bertz CT molecular complexity index is 1060. The molecule has 1 N–H and O–H groups in total. The lowest BCUT2D eigenvalue weighted by atomic mass is 10.0. The van der Waals surface area contributed by atoms with Crippen LogP contribution < -0.4 is 19.7 Å². The number of hydrogen-bond acceptors (Lipinski definition) is 5. The summed E-state index contributed by atoms with van der Waals surface area (Å²) in [5.74, 6) is -0.706. The predicted molar refractivity (Wildman–Crippen MR) is 112 cm³/mol. The van der Waals surface area contributed by atoms with Crippen molar-refractivity contribution in [1.82, 2.24) is 5.32 Å². The Hall–Kier alpha value is -3.13. The second-order valence-corrected chi connectivity index (χ2v) is 7.37. The number of benzene rings is 2. The minimum absolute atomic E-state index is 0.193. The maximum absolute atomic E-state index is 13.1. The first-order valence-corrected chi connectivity index (χ1v) is 9.46. The molecule has 0 aliphatic carbocycles. The maximum atomic E-state index is 13.1. The molecule has 29 heavy (non-hydrogen) atoms. The number of carbonyl (C=O) groups is 3. The molecule has 3 rings (SSSR count). The Balaban J connectivity index is 2.11. The molecule has 1 aliphatic heterocycles. The van der Waals surface area contributed by atoms with E-state index in [1.165, 1.54) is 20.3 Å². The molecule has 0 spiro atoms. The topological polar surface area (TPSA) is 84.9 Å². The fourth-order valence-corrected chi connectivity index (χ4v) is 3.43. The molecule has 0 aromatic heterocycles. The summed E-state index contributed by atoms with van der Waals surface area (Å²) in [4.78, 5) is 38.8. The third-order valence-corrected chi connectivity index (χ3v) is 5.08.